The van der Waals surface area contributed by atoms with E-state index in [1.807, 2.05) is 13.0 Å². The Balaban J connectivity index is 0.00000288. The van der Waals surface area contributed by atoms with Crippen LogP contribution in [0.5, 0.6) is 0 Å². The Morgan fingerprint density at radius 2 is 2.08 bits per heavy atom. The van der Waals surface area contributed by atoms with Crippen LogP contribution in [-0.2, 0) is 13.0 Å². The van der Waals surface area contributed by atoms with Crippen molar-refractivity contribution in [3.63, 3.8) is 0 Å². The molecule has 0 saturated heterocycles. The van der Waals surface area contributed by atoms with Crippen LogP contribution in [-0.4, -0.2) is 24.5 Å². The molecule has 132 valence electrons. The topological polar surface area (TPSA) is 49.3 Å². The standard InChI is InChI=1S/C17H23FN4S.HI/c1-12-13(2)23-16(22-12)11-21-17(19-3)20-9-5-7-14-6-4-8-15(18)10-14;/h4,6,8,10H,5,7,9,11H2,1-3H3,(H2,19,20,21);1H. The molecule has 4 nitrogen and oxygen atoms in total. The molecule has 1 heterocycles. The van der Waals surface area contributed by atoms with Crippen molar-refractivity contribution in [1.29, 1.82) is 0 Å². The highest BCUT2D eigenvalue weighted by molar-refractivity contribution is 14.0. The molecular formula is C17H24FIN4S. The van der Waals surface area contributed by atoms with Crippen LogP contribution in [0.2, 0.25) is 0 Å². The number of halogens is 2. The van der Waals surface area contributed by atoms with Crippen molar-refractivity contribution < 1.29 is 4.39 Å². The van der Waals surface area contributed by atoms with Gasteiger partial charge in [-0.05, 0) is 44.4 Å². The van der Waals surface area contributed by atoms with E-state index >= 15 is 0 Å². The average Bonchev–Trinajstić information content (AvgIpc) is 2.85. The molecule has 0 fully saturated rings. The number of benzene rings is 1. The minimum Gasteiger partial charge on any atom is -0.356 e. The van der Waals surface area contributed by atoms with Gasteiger partial charge < -0.3 is 10.6 Å². The molecule has 0 aliphatic heterocycles. The summed E-state index contributed by atoms with van der Waals surface area (Å²) < 4.78 is 13.1. The van der Waals surface area contributed by atoms with E-state index in [-0.39, 0.29) is 29.8 Å². The van der Waals surface area contributed by atoms with Gasteiger partial charge in [-0.3, -0.25) is 4.99 Å². The first-order valence-electron chi connectivity index (χ1n) is 7.70. The van der Waals surface area contributed by atoms with Gasteiger partial charge in [-0.15, -0.1) is 35.3 Å². The molecule has 2 N–H and O–H groups in total. The minimum atomic E-state index is -0.179. The van der Waals surface area contributed by atoms with Crippen molar-refractivity contribution in [2.24, 2.45) is 4.99 Å². The first-order valence-corrected chi connectivity index (χ1v) is 8.52. The number of guanidine groups is 1. The van der Waals surface area contributed by atoms with Crippen LogP contribution in [0.4, 0.5) is 4.39 Å². The summed E-state index contributed by atoms with van der Waals surface area (Å²) in [7, 11) is 1.75. The molecule has 0 unspecified atom stereocenters. The van der Waals surface area contributed by atoms with E-state index < -0.39 is 0 Å². The predicted molar refractivity (Wildman–Crippen MR) is 110 cm³/mol. The van der Waals surface area contributed by atoms with Crippen LogP contribution >= 0.6 is 35.3 Å². The van der Waals surface area contributed by atoms with Crippen LogP contribution < -0.4 is 10.6 Å². The number of nitrogens with one attached hydrogen (secondary N) is 2. The summed E-state index contributed by atoms with van der Waals surface area (Å²) in [6.07, 6.45) is 1.76. The van der Waals surface area contributed by atoms with Crippen LogP contribution in [0.3, 0.4) is 0 Å². The summed E-state index contributed by atoms with van der Waals surface area (Å²) >= 11 is 1.70. The smallest absolute Gasteiger partial charge is 0.191 e. The Hall–Kier alpha value is -1.22. The van der Waals surface area contributed by atoms with Gasteiger partial charge in [0.2, 0.25) is 0 Å². The lowest BCUT2D eigenvalue weighted by Crippen LogP contribution is -2.37. The third-order valence-corrected chi connectivity index (χ3v) is 4.60. The highest BCUT2D eigenvalue weighted by atomic mass is 127. The quantitative estimate of drug-likeness (QED) is 0.297. The SMILES string of the molecule is CN=C(NCCCc1cccc(F)c1)NCc1nc(C)c(C)s1.I. The van der Waals surface area contributed by atoms with Crippen molar-refractivity contribution in [3.05, 3.63) is 51.2 Å². The van der Waals surface area contributed by atoms with Crippen LogP contribution in [0.15, 0.2) is 29.3 Å². The van der Waals surface area contributed by atoms with Gasteiger partial charge in [0.05, 0.1) is 12.2 Å². The molecule has 0 radical (unpaired) electrons. The summed E-state index contributed by atoms with van der Waals surface area (Å²) in [5.74, 6) is 0.580. The molecule has 0 bridgehead atoms. The fourth-order valence-corrected chi connectivity index (χ4v) is 3.06. The van der Waals surface area contributed by atoms with Gasteiger partial charge in [0.1, 0.15) is 10.8 Å². The Morgan fingerprint density at radius 1 is 1.29 bits per heavy atom. The molecule has 2 rings (SSSR count). The molecule has 0 aliphatic rings. The maximum absolute atomic E-state index is 13.1. The number of thiazole rings is 1. The fraction of sp³-hybridized carbons (Fsp3) is 0.412. The molecule has 0 spiro atoms. The second-order valence-electron chi connectivity index (χ2n) is 5.34. The van der Waals surface area contributed by atoms with Crippen molar-refractivity contribution in [3.8, 4) is 0 Å². The van der Waals surface area contributed by atoms with Gasteiger partial charge in [-0.2, -0.15) is 0 Å². The molecule has 1 aromatic carbocycles. The Labute approximate surface area is 164 Å². The highest BCUT2D eigenvalue weighted by Gasteiger charge is 2.04. The normalized spacial score (nSPS) is 11.1. The second-order valence-corrected chi connectivity index (χ2v) is 6.62. The maximum Gasteiger partial charge on any atom is 0.191 e. The Morgan fingerprint density at radius 3 is 2.71 bits per heavy atom. The molecule has 0 aliphatic carbocycles. The first kappa shape index (κ1) is 20.8. The van der Waals surface area contributed by atoms with Gasteiger partial charge in [0.15, 0.2) is 5.96 Å². The number of rotatable bonds is 6. The molecule has 7 heteroatoms. The van der Waals surface area contributed by atoms with Crippen molar-refractivity contribution in [1.82, 2.24) is 15.6 Å². The van der Waals surface area contributed by atoms with Crippen LogP contribution in [0.1, 0.15) is 27.6 Å². The van der Waals surface area contributed by atoms with Gasteiger partial charge in [-0.25, -0.2) is 9.37 Å². The fourth-order valence-electron chi connectivity index (χ4n) is 2.19. The van der Waals surface area contributed by atoms with Crippen LogP contribution in [0.25, 0.3) is 0 Å². The molecule has 0 amide bonds. The van der Waals surface area contributed by atoms with Gasteiger partial charge >= 0.3 is 0 Å². The molecule has 2 aromatic rings. The summed E-state index contributed by atoms with van der Waals surface area (Å²) in [5, 5.41) is 7.59. The molecule has 0 saturated carbocycles. The largest absolute Gasteiger partial charge is 0.356 e. The zero-order chi connectivity index (χ0) is 16.7. The van der Waals surface area contributed by atoms with Gasteiger partial charge in [0.25, 0.3) is 0 Å². The second kappa shape index (κ2) is 10.6. The van der Waals surface area contributed by atoms with Crippen molar-refractivity contribution >= 4 is 41.3 Å². The lowest BCUT2D eigenvalue weighted by atomic mass is 10.1. The molecule has 0 atom stereocenters. The van der Waals surface area contributed by atoms with Crippen molar-refractivity contribution in [2.45, 2.75) is 33.2 Å². The summed E-state index contributed by atoms with van der Waals surface area (Å²) in [4.78, 5) is 9.95. The number of hydrogen-bond donors (Lipinski definition) is 2. The number of aliphatic imine (C=N–C) groups is 1. The number of aryl methyl sites for hydroxylation is 3. The van der Waals surface area contributed by atoms with E-state index in [2.05, 4.69) is 27.5 Å². The number of nitrogens with zero attached hydrogens (tertiary/aromatic N) is 2. The average molecular weight is 462 g/mol. The van der Waals surface area contributed by atoms with Crippen LogP contribution in [0, 0.1) is 19.7 Å². The summed E-state index contributed by atoms with van der Waals surface area (Å²) in [6.45, 7) is 5.56. The Bertz CT molecular complexity index is 653. The Kier molecular flexibility index (Phi) is 9.20. The monoisotopic (exact) mass is 462 g/mol. The zero-order valence-electron chi connectivity index (χ0n) is 14.2. The molecule has 24 heavy (non-hydrogen) atoms. The number of hydrogen-bond acceptors (Lipinski definition) is 3. The number of aromatic nitrogens is 1. The lowest BCUT2D eigenvalue weighted by Gasteiger charge is -2.10. The van der Waals surface area contributed by atoms with Crippen molar-refractivity contribution in [2.75, 3.05) is 13.6 Å². The van der Waals surface area contributed by atoms with Gasteiger partial charge in [0, 0.05) is 18.5 Å². The van der Waals surface area contributed by atoms with Gasteiger partial charge in [-0.1, -0.05) is 12.1 Å². The zero-order valence-corrected chi connectivity index (χ0v) is 17.4. The first-order chi connectivity index (χ1) is 11.1. The minimum absolute atomic E-state index is 0. The van der Waals surface area contributed by atoms with E-state index in [1.165, 1.54) is 10.9 Å². The summed E-state index contributed by atoms with van der Waals surface area (Å²) in [6, 6.07) is 6.75. The third-order valence-electron chi connectivity index (χ3n) is 3.53. The third kappa shape index (κ3) is 6.72. The molecule has 1 aromatic heterocycles. The predicted octanol–water partition coefficient (Wildman–Crippen LogP) is 3.81. The van der Waals surface area contributed by atoms with E-state index in [4.69, 9.17) is 0 Å². The van der Waals surface area contributed by atoms with E-state index in [0.717, 1.165) is 41.6 Å². The van der Waals surface area contributed by atoms with E-state index in [1.54, 1.807) is 30.5 Å². The maximum atomic E-state index is 13.1. The summed E-state index contributed by atoms with van der Waals surface area (Å²) in [5.41, 5.74) is 2.10. The van der Waals surface area contributed by atoms with E-state index in [9.17, 15) is 4.39 Å². The lowest BCUT2D eigenvalue weighted by molar-refractivity contribution is 0.624. The molecular weight excluding hydrogens is 438 g/mol. The highest BCUT2D eigenvalue weighted by Crippen LogP contribution is 2.15. The van der Waals surface area contributed by atoms with E-state index in [0.29, 0.717) is 6.54 Å².